The second-order valence-electron chi connectivity index (χ2n) is 7.09. The number of carboxylic acids is 1. The number of rotatable bonds is 4. The molecule has 6 nitrogen and oxygen atoms in total. The predicted molar refractivity (Wildman–Crippen MR) is 119 cm³/mol. The summed E-state index contributed by atoms with van der Waals surface area (Å²) in [5.41, 5.74) is 3.31. The molecule has 1 unspecified atom stereocenters. The van der Waals surface area contributed by atoms with Gasteiger partial charge in [0, 0.05) is 18.2 Å². The third-order valence-electron chi connectivity index (χ3n) is 5.23. The van der Waals surface area contributed by atoms with Crippen molar-refractivity contribution in [2.75, 3.05) is 0 Å². The number of carbonyl (C=O) groups excluding carboxylic acids is 1. The molecule has 1 atom stereocenters. The molecule has 33 heavy (non-hydrogen) atoms. The molecule has 1 amide bonds. The van der Waals surface area contributed by atoms with Gasteiger partial charge in [0.25, 0.3) is 5.91 Å². The second-order valence-corrected chi connectivity index (χ2v) is 7.90. The van der Waals surface area contributed by atoms with Gasteiger partial charge in [-0.25, -0.2) is 4.79 Å². The van der Waals surface area contributed by atoms with Crippen molar-refractivity contribution in [2.45, 2.75) is 6.18 Å². The van der Waals surface area contributed by atoms with Crippen molar-refractivity contribution in [1.29, 1.82) is 0 Å². The lowest BCUT2D eigenvalue weighted by molar-refractivity contribution is -0.137. The Bertz CT molecular complexity index is 1360. The smallest absolute Gasteiger partial charge is 0.422 e. The third kappa shape index (κ3) is 3.54. The van der Waals surface area contributed by atoms with E-state index >= 15 is 0 Å². The molecule has 0 saturated carbocycles. The van der Waals surface area contributed by atoms with Crippen LogP contribution in [0.1, 0.15) is 31.8 Å². The van der Waals surface area contributed by atoms with Gasteiger partial charge in [-0.2, -0.15) is 13.2 Å². The highest BCUT2D eigenvalue weighted by Crippen LogP contribution is 2.54. The summed E-state index contributed by atoms with van der Waals surface area (Å²) in [4.78, 5) is 24.1. The number of fused-ring (bicyclic) bond motifs is 1. The zero-order chi connectivity index (χ0) is 24.1. The molecular weight excluding hydrogens is 482 g/mol. The number of halogens is 5. The quantitative estimate of drug-likeness (QED) is 0.427. The minimum atomic E-state index is -4.90. The highest BCUT2D eigenvalue weighted by atomic mass is 35.5. The van der Waals surface area contributed by atoms with Gasteiger partial charge >= 0.3 is 12.1 Å². The molecule has 1 heterocycles. The topological polar surface area (TPSA) is 92.8 Å². The standard InChI is InChI=1S/C22H12Cl2F3N3O3/c23-16-8-7-11(9-17(16)24)30(18-6-2-3-12(21(32)33)14(18)10-29-30)19-13(20(28)31)4-1-5-15(19)22(25,26)27/h1-10H,(H2-,28,31,32,33)/p+1. The maximum absolute atomic E-state index is 14.2. The molecule has 3 N–H and O–H groups in total. The van der Waals surface area contributed by atoms with Crippen LogP contribution in [-0.2, 0) is 6.18 Å². The van der Waals surface area contributed by atoms with Gasteiger partial charge in [0.05, 0.1) is 27.4 Å². The summed E-state index contributed by atoms with van der Waals surface area (Å²) in [5, 5.41) is 14.1. The van der Waals surface area contributed by atoms with Crippen molar-refractivity contribution in [2.24, 2.45) is 10.8 Å². The zero-order valence-corrected chi connectivity index (χ0v) is 17.9. The number of nitrogens with zero attached hydrogens (tertiary/aromatic N) is 2. The van der Waals surface area contributed by atoms with Crippen LogP contribution in [0.15, 0.2) is 59.7 Å². The lowest BCUT2D eigenvalue weighted by Crippen LogP contribution is -2.35. The number of primary amides is 1. The van der Waals surface area contributed by atoms with Crippen molar-refractivity contribution in [1.82, 2.24) is 4.59 Å². The first-order chi connectivity index (χ1) is 15.5. The molecule has 0 fully saturated rings. The zero-order valence-electron chi connectivity index (χ0n) is 16.4. The molecule has 0 saturated heterocycles. The van der Waals surface area contributed by atoms with Crippen LogP contribution >= 0.6 is 23.2 Å². The molecule has 0 aromatic heterocycles. The Morgan fingerprint density at radius 1 is 0.970 bits per heavy atom. The van der Waals surface area contributed by atoms with E-state index in [0.717, 1.165) is 24.4 Å². The van der Waals surface area contributed by atoms with Crippen LogP contribution in [0.25, 0.3) is 0 Å². The van der Waals surface area contributed by atoms with E-state index < -0.39 is 39.5 Å². The lowest BCUT2D eigenvalue weighted by Gasteiger charge is -2.32. The summed E-state index contributed by atoms with van der Waals surface area (Å²) in [6.45, 7) is 0. The van der Waals surface area contributed by atoms with E-state index in [1.807, 2.05) is 0 Å². The maximum Gasteiger partial charge on any atom is 0.422 e. The predicted octanol–water partition coefficient (Wildman–Crippen LogP) is 6.13. The van der Waals surface area contributed by atoms with Crippen LogP contribution in [0.2, 0.25) is 10.0 Å². The highest BCUT2D eigenvalue weighted by Gasteiger charge is 2.52. The third-order valence-corrected chi connectivity index (χ3v) is 5.97. The van der Waals surface area contributed by atoms with Crippen molar-refractivity contribution in [3.63, 3.8) is 0 Å². The molecule has 168 valence electrons. The number of benzene rings is 3. The van der Waals surface area contributed by atoms with Crippen molar-refractivity contribution >= 4 is 58.4 Å². The van der Waals surface area contributed by atoms with E-state index in [4.69, 9.17) is 28.9 Å². The lowest BCUT2D eigenvalue weighted by atomic mass is 9.99. The molecular formula is C22H13Cl2F3N3O3+. The molecule has 1 aliphatic rings. The van der Waals surface area contributed by atoms with E-state index in [1.54, 1.807) is 0 Å². The molecule has 1 aliphatic heterocycles. The highest BCUT2D eigenvalue weighted by molar-refractivity contribution is 6.42. The fourth-order valence-electron chi connectivity index (χ4n) is 3.88. The van der Waals surface area contributed by atoms with E-state index in [1.165, 1.54) is 36.4 Å². The summed E-state index contributed by atoms with van der Waals surface area (Å²) in [6.07, 6.45) is -3.75. The number of nitrogens with two attached hydrogens (primary N) is 1. The first kappa shape index (κ1) is 22.8. The average Bonchev–Trinajstić information content (AvgIpc) is 3.14. The van der Waals surface area contributed by atoms with Crippen molar-refractivity contribution < 1.29 is 27.9 Å². The number of hydrogen-bond donors (Lipinski definition) is 2. The SMILES string of the molecule is NC(=O)c1cccc(C(F)(F)F)c1[N+]1(c2ccc(Cl)c(Cl)c2)N=Cc2c(C(=O)O)cccc21. The van der Waals surface area contributed by atoms with Gasteiger partial charge in [-0.15, -0.1) is 0 Å². The Kier molecular flexibility index (Phi) is 5.44. The fourth-order valence-corrected chi connectivity index (χ4v) is 4.18. The van der Waals surface area contributed by atoms with E-state index in [-0.39, 0.29) is 32.5 Å². The second kappa shape index (κ2) is 7.87. The molecule has 0 radical (unpaired) electrons. The fraction of sp³-hybridized carbons (Fsp3) is 0.0455. The summed E-state index contributed by atoms with van der Waals surface area (Å²) in [6, 6.07) is 11.2. The summed E-state index contributed by atoms with van der Waals surface area (Å²) in [7, 11) is 0. The van der Waals surface area contributed by atoms with Gasteiger partial charge in [-0.05, 0) is 24.3 Å². The molecule has 0 aliphatic carbocycles. The van der Waals surface area contributed by atoms with Gasteiger partial charge < -0.3 is 10.8 Å². The molecule has 4 rings (SSSR count). The maximum atomic E-state index is 14.2. The van der Waals surface area contributed by atoms with Crippen LogP contribution in [-0.4, -0.2) is 23.2 Å². The Labute approximate surface area is 194 Å². The number of para-hydroxylation sites is 1. The first-order valence-corrected chi connectivity index (χ1v) is 10.0. The minimum Gasteiger partial charge on any atom is -0.478 e. The largest absolute Gasteiger partial charge is 0.478 e. The van der Waals surface area contributed by atoms with Crippen molar-refractivity contribution in [3.8, 4) is 0 Å². The van der Waals surface area contributed by atoms with Crippen LogP contribution in [0.3, 0.4) is 0 Å². The Balaban J connectivity index is 2.23. The molecule has 3 aromatic rings. The molecule has 11 heteroatoms. The number of carbonyl (C=O) groups is 2. The van der Waals surface area contributed by atoms with E-state index in [9.17, 15) is 27.9 Å². The van der Waals surface area contributed by atoms with Crippen LogP contribution < -0.4 is 10.3 Å². The normalized spacial score (nSPS) is 17.1. The molecule has 0 bridgehead atoms. The number of aromatic carboxylic acids is 1. The van der Waals surface area contributed by atoms with Crippen LogP contribution in [0.5, 0.6) is 0 Å². The van der Waals surface area contributed by atoms with Gasteiger partial charge in [-0.3, -0.25) is 4.79 Å². The van der Waals surface area contributed by atoms with Gasteiger partial charge in [0.15, 0.2) is 17.1 Å². The van der Waals surface area contributed by atoms with Gasteiger partial charge in [0.1, 0.15) is 11.1 Å². The first-order valence-electron chi connectivity index (χ1n) is 9.26. The monoisotopic (exact) mass is 494 g/mol. The summed E-state index contributed by atoms with van der Waals surface area (Å²) < 4.78 is 41.6. The van der Waals surface area contributed by atoms with Crippen LogP contribution in [0.4, 0.5) is 30.2 Å². The molecule has 0 spiro atoms. The number of carboxylic acid groups (broad SMARTS) is 1. The number of quaternary nitrogens is 1. The summed E-state index contributed by atoms with van der Waals surface area (Å²) >= 11 is 12.2. The average molecular weight is 495 g/mol. The van der Waals surface area contributed by atoms with E-state index in [2.05, 4.69) is 5.10 Å². The van der Waals surface area contributed by atoms with Gasteiger partial charge in [0.2, 0.25) is 0 Å². The van der Waals surface area contributed by atoms with Gasteiger partial charge in [-0.1, -0.05) is 45.0 Å². The Morgan fingerprint density at radius 3 is 2.24 bits per heavy atom. The van der Waals surface area contributed by atoms with Crippen LogP contribution in [0, 0.1) is 0 Å². The Morgan fingerprint density at radius 2 is 1.64 bits per heavy atom. The summed E-state index contributed by atoms with van der Waals surface area (Å²) in [5.74, 6) is -2.42. The number of alkyl halides is 3. The number of hydrogen-bond acceptors (Lipinski definition) is 3. The molecule has 3 aromatic carbocycles. The van der Waals surface area contributed by atoms with Crippen molar-refractivity contribution in [3.05, 3.63) is 86.9 Å². The minimum absolute atomic E-state index is 0.0230. The number of amides is 1. The Hall–Kier alpha value is -3.40. The van der Waals surface area contributed by atoms with E-state index in [0.29, 0.717) is 0 Å².